The van der Waals surface area contributed by atoms with E-state index in [0.717, 1.165) is 11.9 Å². The van der Waals surface area contributed by atoms with Crippen molar-refractivity contribution in [3.63, 3.8) is 0 Å². The van der Waals surface area contributed by atoms with E-state index in [9.17, 15) is 0 Å². The molecular formula is C25H31BO2. The predicted octanol–water partition coefficient (Wildman–Crippen LogP) is 5.83. The van der Waals surface area contributed by atoms with E-state index in [1.165, 1.54) is 34.2 Å². The second kappa shape index (κ2) is 6.90. The molecule has 146 valence electrons. The molecule has 0 aromatic heterocycles. The van der Waals surface area contributed by atoms with E-state index < -0.39 is 0 Å². The summed E-state index contributed by atoms with van der Waals surface area (Å²) in [6, 6.07) is 15.4. The van der Waals surface area contributed by atoms with Gasteiger partial charge in [-0.25, -0.2) is 0 Å². The first kappa shape index (κ1) is 19.5. The molecule has 2 nitrogen and oxygen atoms in total. The first-order chi connectivity index (χ1) is 13.2. The second-order valence-corrected chi connectivity index (χ2v) is 9.31. The van der Waals surface area contributed by atoms with Gasteiger partial charge in [0.05, 0.1) is 11.2 Å². The first-order valence-electron chi connectivity index (χ1n) is 10.5. The third kappa shape index (κ3) is 3.15. The highest BCUT2D eigenvalue weighted by atomic mass is 16.7. The second-order valence-electron chi connectivity index (χ2n) is 9.31. The summed E-state index contributed by atoms with van der Waals surface area (Å²) in [6.07, 6.45) is 4.74. The lowest BCUT2D eigenvalue weighted by molar-refractivity contribution is 0.00578. The maximum Gasteiger partial charge on any atom is 0.494 e. The zero-order chi connectivity index (χ0) is 20.1. The van der Waals surface area contributed by atoms with Gasteiger partial charge in [0.25, 0.3) is 0 Å². The molecule has 1 fully saturated rings. The van der Waals surface area contributed by atoms with E-state index in [4.69, 9.17) is 9.31 Å². The van der Waals surface area contributed by atoms with Crippen molar-refractivity contribution in [2.45, 2.75) is 65.6 Å². The Morgan fingerprint density at radius 3 is 2.14 bits per heavy atom. The summed E-state index contributed by atoms with van der Waals surface area (Å²) in [7, 11) is -0.324. The SMILES string of the molecule is CCC(C)C/C=C1/c2ccccc2-c2cc(B3OC(C)(C)C(C)(C)O3)ccc21. The van der Waals surface area contributed by atoms with Crippen LogP contribution in [0.5, 0.6) is 0 Å². The molecule has 0 spiro atoms. The molecular weight excluding hydrogens is 343 g/mol. The van der Waals surface area contributed by atoms with E-state index in [1.54, 1.807) is 0 Å². The Morgan fingerprint density at radius 1 is 0.893 bits per heavy atom. The van der Waals surface area contributed by atoms with Crippen LogP contribution in [0.4, 0.5) is 0 Å². The molecule has 4 rings (SSSR count). The van der Waals surface area contributed by atoms with Crippen molar-refractivity contribution >= 4 is 18.2 Å². The van der Waals surface area contributed by atoms with Gasteiger partial charge in [-0.05, 0) is 73.3 Å². The average Bonchev–Trinajstić information content (AvgIpc) is 3.09. The topological polar surface area (TPSA) is 18.5 Å². The third-order valence-corrected chi connectivity index (χ3v) is 6.79. The molecule has 0 saturated carbocycles. The molecule has 1 heterocycles. The molecule has 1 aliphatic carbocycles. The number of hydrogen-bond acceptors (Lipinski definition) is 2. The van der Waals surface area contributed by atoms with Gasteiger partial charge in [0.2, 0.25) is 0 Å². The fourth-order valence-corrected chi connectivity index (χ4v) is 3.95. The number of rotatable bonds is 4. The molecule has 0 bridgehead atoms. The van der Waals surface area contributed by atoms with E-state index in [-0.39, 0.29) is 18.3 Å². The summed E-state index contributed by atoms with van der Waals surface area (Å²) in [5.41, 5.74) is 7.08. The van der Waals surface area contributed by atoms with Crippen LogP contribution >= 0.6 is 0 Å². The average molecular weight is 374 g/mol. The minimum absolute atomic E-state index is 0.323. The number of fused-ring (bicyclic) bond motifs is 3. The summed E-state index contributed by atoms with van der Waals surface area (Å²) in [5.74, 6) is 0.702. The standard InChI is InChI=1S/C25H31BO2/c1-7-17(2)12-14-21-19-10-8-9-11-20(19)23-16-18(13-15-22(21)23)26-27-24(3,4)25(5,6)28-26/h8-11,13-17H,7,12H2,1-6H3/b21-14-. The van der Waals surface area contributed by atoms with Crippen LogP contribution < -0.4 is 5.46 Å². The quantitative estimate of drug-likeness (QED) is 0.535. The van der Waals surface area contributed by atoms with Crippen molar-refractivity contribution < 1.29 is 9.31 Å². The molecule has 0 radical (unpaired) electrons. The Morgan fingerprint density at radius 2 is 1.50 bits per heavy atom. The molecule has 1 unspecified atom stereocenters. The van der Waals surface area contributed by atoms with E-state index >= 15 is 0 Å². The van der Waals surface area contributed by atoms with Crippen LogP contribution in [-0.2, 0) is 9.31 Å². The normalized spacial score (nSPS) is 21.6. The highest BCUT2D eigenvalue weighted by Gasteiger charge is 2.51. The van der Waals surface area contributed by atoms with Crippen LogP contribution in [0, 0.1) is 5.92 Å². The molecule has 0 N–H and O–H groups in total. The van der Waals surface area contributed by atoms with Crippen molar-refractivity contribution in [2.75, 3.05) is 0 Å². The summed E-state index contributed by atoms with van der Waals surface area (Å²) >= 11 is 0. The number of benzene rings is 2. The van der Waals surface area contributed by atoms with Crippen LogP contribution in [0.2, 0.25) is 0 Å². The van der Waals surface area contributed by atoms with Crippen LogP contribution in [0.25, 0.3) is 16.7 Å². The Hall–Kier alpha value is -1.84. The minimum Gasteiger partial charge on any atom is -0.399 e. The summed E-state index contributed by atoms with van der Waals surface area (Å²) in [4.78, 5) is 0. The van der Waals surface area contributed by atoms with Crippen molar-refractivity contribution in [2.24, 2.45) is 5.92 Å². The van der Waals surface area contributed by atoms with Crippen LogP contribution in [0.3, 0.4) is 0 Å². The Kier molecular flexibility index (Phi) is 4.80. The molecule has 0 amide bonds. The van der Waals surface area contributed by atoms with Gasteiger partial charge in [0, 0.05) is 0 Å². The van der Waals surface area contributed by atoms with E-state index in [0.29, 0.717) is 5.92 Å². The third-order valence-electron chi connectivity index (χ3n) is 6.79. The summed E-state index contributed by atoms with van der Waals surface area (Å²) in [5, 5.41) is 0. The lowest BCUT2D eigenvalue weighted by Crippen LogP contribution is -2.41. The van der Waals surface area contributed by atoms with Gasteiger partial charge >= 0.3 is 7.12 Å². The predicted molar refractivity (Wildman–Crippen MR) is 119 cm³/mol. The van der Waals surface area contributed by atoms with Gasteiger partial charge in [0.1, 0.15) is 0 Å². The molecule has 3 heteroatoms. The van der Waals surface area contributed by atoms with Crippen molar-refractivity contribution in [3.8, 4) is 11.1 Å². The largest absolute Gasteiger partial charge is 0.494 e. The molecule has 2 aliphatic rings. The van der Waals surface area contributed by atoms with E-state index in [1.807, 2.05) is 0 Å². The van der Waals surface area contributed by atoms with Crippen LogP contribution in [0.15, 0.2) is 48.5 Å². The Bertz CT molecular complexity index is 910. The molecule has 28 heavy (non-hydrogen) atoms. The number of allylic oxidation sites excluding steroid dienone is 1. The van der Waals surface area contributed by atoms with Gasteiger partial charge in [-0.1, -0.05) is 68.8 Å². The molecule has 1 atom stereocenters. The van der Waals surface area contributed by atoms with Gasteiger partial charge in [-0.3, -0.25) is 0 Å². The smallest absolute Gasteiger partial charge is 0.399 e. The minimum atomic E-state index is -0.324. The molecule has 1 saturated heterocycles. The number of hydrogen-bond donors (Lipinski definition) is 0. The zero-order valence-corrected chi connectivity index (χ0v) is 18.0. The highest BCUT2D eigenvalue weighted by Crippen LogP contribution is 2.44. The maximum atomic E-state index is 6.28. The lowest BCUT2D eigenvalue weighted by Gasteiger charge is -2.32. The first-order valence-corrected chi connectivity index (χ1v) is 10.5. The Labute approximate surface area is 170 Å². The van der Waals surface area contributed by atoms with E-state index in [2.05, 4.69) is 90.1 Å². The van der Waals surface area contributed by atoms with Gasteiger partial charge in [0.15, 0.2) is 0 Å². The van der Waals surface area contributed by atoms with Gasteiger partial charge < -0.3 is 9.31 Å². The fourth-order valence-electron chi connectivity index (χ4n) is 3.95. The van der Waals surface area contributed by atoms with Crippen molar-refractivity contribution in [3.05, 3.63) is 59.7 Å². The monoisotopic (exact) mass is 374 g/mol. The lowest BCUT2D eigenvalue weighted by atomic mass is 9.77. The fraction of sp³-hybridized carbons (Fsp3) is 0.440. The molecule has 2 aromatic rings. The molecule has 1 aliphatic heterocycles. The van der Waals surface area contributed by atoms with Crippen LogP contribution in [-0.4, -0.2) is 18.3 Å². The summed E-state index contributed by atoms with van der Waals surface area (Å²) < 4.78 is 12.6. The maximum absolute atomic E-state index is 6.28. The summed E-state index contributed by atoms with van der Waals surface area (Å²) in [6.45, 7) is 13.0. The molecule has 2 aromatic carbocycles. The van der Waals surface area contributed by atoms with Gasteiger partial charge in [-0.15, -0.1) is 0 Å². The van der Waals surface area contributed by atoms with Crippen molar-refractivity contribution in [1.82, 2.24) is 0 Å². The highest BCUT2D eigenvalue weighted by molar-refractivity contribution is 6.62. The van der Waals surface area contributed by atoms with Crippen LogP contribution in [0.1, 0.15) is 65.5 Å². The zero-order valence-electron chi connectivity index (χ0n) is 18.0. The Balaban J connectivity index is 1.74. The van der Waals surface area contributed by atoms with Gasteiger partial charge in [-0.2, -0.15) is 0 Å². The van der Waals surface area contributed by atoms with Crippen molar-refractivity contribution in [1.29, 1.82) is 0 Å².